The Morgan fingerprint density at radius 1 is 1.21 bits per heavy atom. The normalized spacial score (nSPS) is 23.8. The van der Waals surface area contributed by atoms with E-state index in [0.29, 0.717) is 31.2 Å². The quantitative estimate of drug-likeness (QED) is 0.840. The number of rotatable bonds is 2. The maximum Gasteiger partial charge on any atom is 0.254 e. The molecule has 154 valence electrons. The first-order valence-electron chi connectivity index (χ1n) is 10.9. The van der Waals surface area contributed by atoms with E-state index in [0.717, 1.165) is 42.6 Å². The lowest BCUT2D eigenvalue weighted by Gasteiger charge is -2.44. The maximum atomic E-state index is 12.9. The molecular weight excluding hydrogens is 366 g/mol. The fourth-order valence-electron chi connectivity index (χ4n) is 5.18. The van der Waals surface area contributed by atoms with Crippen molar-refractivity contribution in [2.75, 3.05) is 13.1 Å². The molecule has 1 unspecified atom stereocenters. The minimum Gasteiger partial charge on any atom is -0.483 e. The van der Waals surface area contributed by atoms with Crippen LogP contribution < -0.4 is 4.74 Å². The second-order valence-electron chi connectivity index (χ2n) is 8.91. The zero-order chi connectivity index (χ0) is 20.0. The molecule has 3 aliphatic rings. The second kappa shape index (κ2) is 7.17. The topological polar surface area (TPSA) is 67.6 Å². The first kappa shape index (κ1) is 18.7. The minimum absolute atomic E-state index is 0.0871. The van der Waals surface area contributed by atoms with Crippen molar-refractivity contribution in [1.29, 1.82) is 0 Å². The lowest BCUT2D eigenvalue weighted by atomic mass is 9.83. The van der Waals surface area contributed by atoms with Crippen molar-refractivity contribution in [3.05, 3.63) is 47.3 Å². The molecule has 1 aromatic heterocycles. The number of likely N-dealkylation sites (tertiary alicyclic amines) is 1. The summed E-state index contributed by atoms with van der Waals surface area (Å²) in [6.07, 6.45) is 8.19. The molecule has 6 heteroatoms. The SMILES string of the molecule is Cc1ccccc1C(=O)N1CCC2(CC1)CC(O)c1nn(C3CCCC3)cc1O2. The van der Waals surface area contributed by atoms with E-state index in [-0.39, 0.29) is 5.91 Å². The number of nitrogens with zero attached hydrogens (tertiary/aromatic N) is 3. The molecule has 1 saturated heterocycles. The van der Waals surface area contributed by atoms with E-state index in [1.54, 1.807) is 0 Å². The number of fused-ring (bicyclic) bond motifs is 1. The van der Waals surface area contributed by atoms with Crippen molar-refractivity contribution in [2.24, 2.45) is 0 Å². The number of ether oxygens (including phenoxy) is 1. The highest BCUT2D eigenvalue weighted by Gasteiger charge is 2.45. The Morgan fingerprint density at radius 2 is 1.93 bits per heavy atom. The van der Waals surface area contributed by atoms with Crippen molar-refractivity contribution in [2.45, 2.75) is 69.6 Å². The van der Waals surface area contributed by atoms with Crippen LogP contribution in [-0.2, 0) is 0 Å². The van der Waals surface area contributed by atoms with Gasteiger partial charge in [0.05, 0.1) is 12.2 Å². The molecule has 5 rings (SSSR count). The molecule has 0 radical (unpaired) electrons. The molecule has 1 aromatic carbocycles. The lowest BCUT2D eigenvalue weighted by Crippen LogP contribution is -2.51. The summed E-state index contributed by atoms with van der Waals surface area (Å²) in [5.74, 6) is 0.818. The summed E-state index contributed by atoms with van der Waals surface area (Å²) in [6, 6.07) is 8.17. The van der Waals surface area contributed by atoms with Crippen molar-refractivity contribution >= 4 is 5.91 Å². The van der Waals surface area contributed by atoms with E-state index in [4.69, 9.17) is 4.74 Å². The number of amides is 1. The molecule has 2 aromatic rings. The molecule has 0 bridgehead atoms. The Labute approximate surface area is 171 Å². The van der Waals surface area contributed by atoms with Crippen LogP contribution in [0.1, 0.15) is 78.7 Å². The highest BCUT2D eigenvalue weighted by Crippen LogP contribution is 2.45. The predicted octanol–water partition coefficient (Wildman–Crippen LogP) is 3.80. The highest BCUT2D eigenvalue weighted by molar-refractivity contribution is 5.95. The van der Waals surface area contributed by atoms with Crippen LogP contribution in [0.25, 0.3) is 0 Å². The number of aryl methyl sites for hydroxylation is 1. The van der Waals surface area contributed by atoms with Gasteiger partial charge >= 0.3 is 0 Å². The van der Waals surface area contributed by atoms with E-state index >= 15 is 0 Å². The van der Waals surface area contributed by atoms with Gasteiger partial charge in [-0.2, -0.15) is 5.10 Å². The number of benzene rings is 1. The van der Waals surface area contributed by atoms with Crippen LogP contribution in [0.2, 0.25) is 0 Å². The Kier molecular flexibility index (Phi) is 4.62. The smallest absolute Gasteiger partial charge is 0.254 e. The molecule has 1 aliphatic carbocycles. The number of aliphatic hydroxyl groups is 1. The van der Waals surface area contributed by atoms with Crippen LogP contribution in [0.4, 0.5) is 0 Å². The minimum atomic E-state index is -0.597. The van der Waals surface area contributed by atoms with E-state index in [9.17, 15) is 9.90 Å². The van der Waals surface area contributed by atoms with Crippen LogP contribution in [0.3, 0.4) is 0 Å². The third-order valence-corrected chi connectivity index (χ3v) is 6.97. The zero-order valence-corrected chi connectivity index (χ0v) is 17.0. The third-order valence-electron chi connectivity index (χ3n) is 6.97. The largest absolute Gasteiger partial charge is 0.483 e. The molecule has 3 heterocycles. The summed E-state index contributed by atoms with van der Waals surface area (Å²) < 4.78 is 8.46. The van der Waals surface area contributed by atoms with Crippen LogP contribution in [0.15, 0.2) is 30.5 Å². The molecule has 1 N–H and O–H groups in total. The molecule has 2 aliphatic heterocycles. The second-order valence-corrected chi connectivity index (χ2v) is 8.91. The fourth-order valence-corrected chi connectivity index (χ4v) is 5.18. The summed E-state index contributed by atoms with van der Waals surface area (Å²) >= 11 is 0. The first-order chi connectivity index (χ1) is 14.0. The monoisotopic (exact) mass is 395 g/mol. The summed E-state index contributed by atoms with van der Waals surface area (Å²) in [4.78, 5) is 14.8. The van der Waals surface area contributed by atoms with Crippen LogP contribution >= 0.6 is 0 Å². The summed E-state index contributed by atoms with van der Waals surface area (Å²) in [7, 11) is 0. The van der Waals surface area contributed by atoms with Gasteiger partial charge in [-0.15, -0.1) is 0 Å². The number of carbonyl (C=O) groups excluding carboxylic acids is 1. The van der Waals surface area contributed by atoms with Crippen molar-refractivity contribution in [3.8, 4) is 5.75 Å². The van der Waals surface area contributed by atoms with Gasteiger partial charge in [0, 0.05) is 37.9 Å². The van der Waals surface area contributed by atoms with Crippen molar-refractivity contribution < 1.29 is 14.6 Å². The van der Waals surface area contributed by atoms with Gasteiger partial charge in [0.2, 0.25) is 0 Å². The fraction of sp³-hybridized carbons (Fsp3) is 0.565. The number of carbonyl (C=O) groups is 1. The zero-order valence-electron chi connectivity index (χ0n) is 17.0. The summed E-state index contributed by atoms with van der Waals surface area (Å²) in [5.41, 5.74) is 2.05. The van der Waals surface area contributed by atoms with Gasteiger partial charge in [-0.25, -0.2) is 0 Å². The van der Waals surface area contributed by atoms with E-state index in [1.165, 1.54) is 12.8 Å². The van der Waals surface area contributed by atoms with Gasteiger partial charge in [0.25, 0.3) is 5.91 Å². The Hall–Kier alpha value is -2.34. The molecule has 1 spiro atoms. The van der Waals surface area contributed by atoms with Gasteiger partial charge in [-0.05, 0) is 31.4 Å². The van der Waals surface area contributed by atoms with Gasteiger partial charge in [-0.1, -0.05) is 31.0 Å². The summed E-state index contributed by atoms with van der Waals surface area (Å²) in [5, 5.41) is 15.4. The Bertz CT molecular complexity index is 908. The lowest BCUT2D eigenvalue weighted by molar-refractivity contribution is -0.0504. The predicted molar refractivity (Wildman–Crippen MR) is 109 cm³/mol. The Balaban J connectivity index is 1.30. The number of hydrogen-bond acceptors (Lipinski definition) is 4. The maximum absolute atomic E-state index is 12.9. The molecule has 1 atom stereocenters. The molecule has 1 saturated carbocycles. The third kappa shape index (κ3) is 3.33. The highest BCUT2D eigenvalue weighted by atomic mass is 16.5. The number of hydrogen-bond donors (Lipinski definition) is 1. The molecule has 29 heavy (non-hydrogen) atoms. The molecule has 6 nitrogen and oxygen atoms in total. The molecule has 1 amide bonds. The first-order valence-corrected chi connectivity index (χ1v) is 10.9. The van der Waals surface area contributed by atoms with Gasteiger partial charge in [0.15, 0.2) is 5.75 Å². The standard InChI is InChI=1S/C23H29N3O3/c1-16-6-2-5-9-18(16)22(28)25-12-10-23(11-13-25)14-19(27)21-20(29-23)15-26(24-21)17-7-3-4-8-17/h2,5-6,9,15,17,19,27H,3-4,7-8,10-14H2,1H3. The van der Waals surface area contributed by atoms with Crippen molar-refractivity contribution in [1.82, 2.24) is 14.7 Å². The van der Waals surface area contributed by atoms with Crippen LogP contribution in [0.5, 0.6) is 5.75 Å². The van der Waals surface area contributed by atoms with Crippen LogP contribution in [0, 0.1) is 6.92 Å². The van der Waals surface area contributed by atoms with Gasteiger partial charge < -0.3 is 14.7 Å². The van der Waals surface area contributed by atoms with E-state index in [2.05, 4.69) is 5.10 Å². The van der Waals surface area contributed by atoms with E-state index in [1.807, 2.05) is 47.0 Å². The van der Waals surface area contributed by atoms with E-state index < -0.39 is 11.7 Å². The number of aliphatic hydroxyl groups excluding tert-OH is 1. The molecular formula is C23H29N3O3. The summed E-state index contributed by atoms with van der Waals surface area (Å²) in [6.45, 7) is 3.26. The van der Waals surface area contributed by atoms with Crippen molar-refractivity contribution in [3.63, 3.8) is 0 Å². The van der Waals surface area contributed by atoms with Gasteiger partial charge in [-0.3, -0.25) is 9.48 Å². The average Bonchev–Trinajstić information content (AvgIpc) is 3.38. The van der Waals surface area contributed by atoms with Gasteiger partial charge in [0.1, 0.15) is 17.4 Å². The molecule has 2 fully saturated rings. The van der Waals surface area contributed by atoms with Crippen LogP contribution in [-0.4, -0.2) is 44.4 Å². The number of aromatic nitrogens is 2. The number of piperidine rings is 1. The average molecular weight is 396 g/mol. The Morgan fingerprint density at radius 3 is 2.66 bits per heavy atom.